The van der Waals surface area contributed by atoms with Gasteiger partial charge in [-0.1, -0.05) is 18.2 Å². The highest BCUT2D eigenvalue weighted by Gasteiger charge is 2.29. The van der Waals surface area contributed by atoms with Crippen molar-refractivity contribution in [1.82, 2.24) is 29.9 Å². The Balaban J connectivity index is 1.51. The van der Waals surface area contributed by atoms with Crippen LogP contribution in [0.2, 0.25) is 0 Å². The van der Waals surface area contributed by atoms with Crippen molar-refractivity contribution in [2.75, 3.05) is 26.1 Å². The SMILES string of the molecule is COc1ccc(Cn2ncc3nccc(-c4nn5c(c4Nc4cccc(F)c4OC)C(=O)NCC5)c32)cc1. The van der Waals surface area contributed by atoms with Crippen molar-refractivity contribution in [3.63, 3.8) is 0 Å². The number of hydrogen-bond acceptors (Lipinski definition) is 7. The maximum absolute atomic E-state index is 14.5. The van der Waals surface area contributed by atoms with Crippen LogP contribution in [0.25, 0.3) is 22.3 Å². The van der Waals surface area contributed by atoms with E-state index in [0.717, 1.165) is 22.4 Å². The van der Waals surface area contributed by atoms with Crippen LogP contribution in [0.3, 0.4) is 0 Å². The summed E-state index contributed by atoms with van der Waals surface area (Å²) in [5.41, 5.74) is 4.88. The van der Waals surface area contributed by atoms with E-state index in [1.165, 1.54) is 13.2 Å². The lowest BCUT2D eigenvalue weighted by Crippen LogP contribution is -2.35. The molecule has 6 rings (SSSR count). The van der Waals surface area contributed by atoms with Gasteiger partial charge in [0.1, 0.15) is 22.7 Å². The zero-order valence-electron chi connectivity index (χ0n) is 20.7. The van der Waals surface area contributed by atoms with E-state index in [9.17, 15) is 9.18 Å². The lowest BCUT2D eigenvalue weighted by molar-refractivity contribution is 0.0925. The molecule has 0 bridgehead atoms. The number of benzene rings is 2. The Bertz CT molecular complexity index is 1660. The first-order valence-corrected chi connectivity index (χ1v) is 12.0. The molecule has 1 aliphatic rings. The molecule has 10 nitrogen and oxygen atoms in total. The van der Waals surface area contributed by atoms with Crippen LogP contribution >= 0.6 is 0 Å². The summed E-state index contributed by atoms with van der Waals surface area (Å²) < 4.78 is 28.6. The fourth-order valence-electron chi connectivity index (χ4n) is 4.70. The van der Waals surface area contributed by atoms with Crippen molar-refractivity contribution >= 4 is 28.3 Å². The van der Waals surface area contributed by atoms with Gasteiger partial charge in [-0.05, 0) is 35.9 Å². The molecule has 2 aromatic carbocycles. The first-order chi connectivity index (χ1) is 18.6. The number of amides is 1. The number of rotatable bonds is 7. The monoisotopic (exact) mass is 513 g/mol. The average Bonchev–Trinajstić information content (AvgIpc) is 3.51. The maximum atomic E-state index is 14.5. The third-order valence-corrected chi connectivity index (χ3v) is 6.48. The summed E-state index contributed by atoms with van der Waals surface area (Å²) in [6.45, 7) is 1.44. The minimum absolute atomic E-state index is 0.0408. The van der Waals surface area contributed by atoms with Gasteiger partial charge >= 0.3 is 0 Å². The molecule has 0 fully saturated rings. The predicted molar refractivity (Wildman–Crippen MR) is 139 cm³/mol. The molecule has 2 N–H and O–H groups in total. The number of anilines is 2. The van der Waals surface area contributed by atoms with Crippen molar-refractivity contribution in [1.29, 1.82) is 0 Å². The first-order valence-electron chi connectivity index (χ1n) is 12.0. The zero-order valence-corrected chi connectivity index (χ0v) is 20.7. The van der Waals surface area contributed by atoms with Gasteiger partial charge in [0.15, 0.2) is 11.6 Å². The highest BCUT2D eigenvalue weighted by Crippen LogP contribution is 2.39. The van der Waals surface area contributed by atoms with Crippen LogP contribution in [0, 0.1) is 5.82 Å². The maximum Gasteiger partial charge on any atom is 0.271 e. The lowest BCUT2D eigenvalue weighted by Gasteiger charge is -2.17. The summed E-state index contributed by atoms with van der Waals surface area (Å²) >= 11 is 0. The molecule has 0 saturated carbocycles. The van der Waals surface area contributed by atoms with E-state index in [0.29, 0.717) is 47.9 Å². The van der Waals surface area contributed by atoms with Gasteiger partial charge in [-0.2, -0.15) is 10.2 Å². The molecule has 0 spiro atoms. The van der Waals surface area contributed by atoms with Crippen LogP contribution < -0.4 is 20.1 Å². The second-order valence-electron chi connectivity index (χ2n) is 8.74. The molecule has 3 aromatic heterocycles. The molecule has 0 aliphatic carbocycles. The van der Waals surface area contributed by atoms with Crippen LogP contribution in [-0.2, 0) is 13.1 Å². The van der Waals surface area contributed by atoms with Gasteiger partial charge in [0.25, 0.3) is 5.91 Å². The average molecular weight is 514 g/mol. The van der Waals surface area contributed by atoms with Crippen LogP contribution in [-0.4, -0.2) is 51.2 Å². The Labute approximate surface area is 217 Å². The van der Waals surface area contributed by atoms with Crippen LogP contribution in [0.5, 0.6) is 11.5 Å². The number of halogens is 1. The smallest absolute Gasteiger partial charge is 0.271 e. The van der Waals surface area contributed by atoms with E-state index in [2.05, 4.69) is 20.7 Å². The predicted octanol–water partition coefficient (Wildman–Crippen LogP) is 3.99. The molecular weight excluding hydrogens is 489 g/mol. The van der Waals surface area contributed by atoms with Gasteiger partial charge in [0, 0.05) is 18.3 Å². The molecule has 11 heteroatoms. The topological polar surface area (TPSA) is 108 Å². The summed E-state index contributed by atoms with van der Waals surface area (Å²) in [6.07, 6.45) is 3.38. The fourth-order valence-corrected chi connectivity index (χ4v) is 4.70. The Morgan fingerprint density at radius 3 is 2.74 bits per heavy atom. The number of methoxy groups -OCH3 is 2. The Morgan fingerprint density at radius 2 is 1.95 bits per heavy atom. The molecule has 38 heavy (non-hydrogen) atoms. The molecule has 0 saturated heterocycles. The van der Waals surface area contributed by atoms with E-state index in [1.807, 2.05) is 35.0 Å². The van der Waals surface area contributed by atoms with E-state index in [1.54, 1.807) is 36.3 Å². The van der Waals surface area contributed by atoms with Crippen molar-refractivity contribution in [3.8, 4) is 22.8 Å². The van der Waals surface area contributed by atoms with Gasteiger partial charge < -0.3 is 20.1 Å². The largest absolute Gasteiger partial charge is 0.497 e. The van der Waals surface area contributed by atoms with Crippen molar-refractivity contribution in [2.24, 2.45) is 0 Å². The molecule has 192 valence electrons. The number of hydrogen-bond donors (Lipinski definition) is 2. The highest BCUT2D eigenvalue weighted by atomic mass is 19.1. The summed E-state index contributed by atoms with van der Waals surface area (Å²) in [5, 5.41) is 15.5. The van der Waals surface area contributed by atoms with Crippen molar-refractivity contribution in [3.05, 3.63) is 78.0 Å². The third kappa shape index (κ3) is 3.97. The Morgan fingerprint density at radius 1 is 1.11 bits per heavy atom. The van der Waals surface area contributed by atoms with Gasteiger partial charge in [-0.25, -0.2) is 4.39 Å². The quantitative estimate of drug-likeness (QED) is 0.339. The number of carbonyl (C=O) groups is 1. The van der Waals surface area contributed by atoms with Crippen molar-refractivity contribution < 1.29 is 18.7 Å². The van der Waals surface area contributed by atoms with Gasteiger partial charge in [-0.15, -0.1) is 0 Å². The molecule has 1 aliphatic heterocycles. The van der Waals surface area contributed by atoms with Crippen LogP contribution in [0.4, 0.5) is 15.8 Å². The normalized spacial score (nSPS) is 12.8. The molecule has 4 heterocycles. The first kappa shape index (κ1) is 23.5. The van der Waals surface area contributed by atoms with Crippen molar-refractivity contribution in [2.45, 2.75) is 13.1 Å². The number of nitrogens with one attached hydrogen (secondary N) is 2. The summed E-state index contributed by atoms with van der Waals surface area (Å²) in [6, 6.07) is 14.2. The Hall–Kier alpha value is -4.93. The second kappa shape index (κ2) is 9.51. The highest BCUT2D eigenvalue weighted by molar-refractivity contribution is 6.05. The Kier molecular flexibility index (Phi) is 5.87. The number of aromatic nitrogens is 5. The number of ether oxygens (including phenoxy) is 2. The lowest BCUT2D eigenvalue weighted by atomic mass is 10.1. The number of para-hydroxylation sites is 1. The minimum Gasteiger partial charge on any atom is -0.497 e. The number of carbonyl (C=O) groups excluding carboxylic acids is 1. The molecule has 1 amide bonds. The molecule has 5 aromatic rings. The van der Waals surface area contributed by atoms with E-state index < -0.39 is 5.82 Å². The van der Waals surface area contributed by atoms with Crippen LogP contribution in [0.1, 0.15) is 16.1 Å². The van der Waals surface area contributed by atoms with E-state index in [-0.39, 0.29) is 11.7 Å². The third-order valence-electron chi connectivity index (χ3n) is 6.48. The molecule has 0 radical (unpaired) electrons. The van der Waals surface area contributed by atoms with Gasteiger partial charge in [-0.3, -0.25) is 19.1 Å². The van der Waals surface area contributed by atoms with Gasteiger partial charge in [0.05, 0.1) is 50.4 Å². The second-order valence-corrected chi connectivity index (χ2v) is 8.74. The molecule has 0 atom stereocenters. The summed E-state index contributed by atoms with van der Waals surface area (Å²) in [5.74, 6) is 0.0177. The standard InChI is InChI=1S/C27H24FN7O3/c1-37-17-8-6-16(7-9-17)15-35-24-18(10-11-29-21(24)14-31-35)22-23(25-27(36)30-12-13-34(25)33-22)32-20-5-3-4-19(28)26(20)38-2/h3-11,14,32H,12-13,15H2,1-2H3,(H,30,36). The molecule has 0 unspecified atom stereocenters. The minimum atomic E-state index is -0.520. The number of nitrogens with zero attached hydrogens (tertiary/aromatic N) is 5. The van der Waals surface area contributed by atoms with E-state index >= 15 is 0 Å². The summed E-state index contributed by atoms with van der Waals surface area (Å²) in [4.78, 5) is 17.5. The van der Waals surface area contributed by atoms with Gasteiger partial charge in [0.2, 0.25) is 0 Å². The number of pyridine rings is 1. The number of fused-ring (bicyclic) bond motifs is 2. The molecular formula is C27H24FN7O3. The van der Waals surface area contributed by atoms with Crippen LogP contribution in [0.15, 0.2) is 60.9 Å². The summed E-state index contributed by atoms with van der Waals surface area (Å²) in [7, 11) is 3.03. The zero-order chi connectivity index (χ0) is 26.2. The van der Waals surface area contributed by atoms with E-state index in [4.69, 9.17) is 14.6 Å². The fraction of sp³-hybridized carbons (Fsp3) is 0.185.